The number of nitrogens with one attached hydrogen (secondary N) is 1. The van der Waals surface area contributed by atoms with Crippen molar-refractivity contribution < 1.29 is 13.9 Å². The fourth-order valence-corrected chi connectivity index (χ4v) is 3.30. The van der Waals surface area contributed by atoms with Gasteiger partial charge < -0.3 is 14.5 Å². The number of aromatic nitrogens is 1. The molecule has 4 aromatic rings. The lowest BCUT2D eigenvalue weighted by molar-refractivity contribution is 0.102. The monoisotopic (exact) mass is 450 g/mol. The number of methoxy groups -OCH3 is 1. The molecule has 29 heavy (non-hydrogen) atoms. The highest BCUT2D eigenvalue weighted by molar-refractivity contribution is 9.10. The largest absolute Gasteiger partial charge is 0.495 e. The first-order chi connectivity index (χ1) is 13.9. The molecule has 4 rings (SSSR count). The number of carbonyl (C=O) groups is 1. The van der Waals surface area contributed by atoms with Crippen LogP contribution in [0.15, 0.2) is 63.5 Å². The Hall–Kier alpha value is -3.12. The molecule has 0 unspecified atom stereocenters. The average Bonchev–Trinajstić information content (AvgIpc) is 3.11. The van der Waals surface area contributed by atoms with E-state index in [1.165, 1.54) is 0 Å². The van der Waals surface area contributed by atoms with Crippen LogP contribution in [0, 0.1) is 13.8 Å². The standard InChI is InChI=1S/C23H19BrN2O3/c1-13-10-18-21(11-14(13)2)29-23(26-18)16-6-9-20(28-3)19(12-16)25-22(27)15-4-7-17(24)8-5-15/h4-12H,1-3H3,(H,25,27). The summed E-state index contributed by atoms with van der Waals surface area (Å²) in [5.74, 6) is 0.825. The lowest BCUT2D eigenvalue weighted by Crippen LogP contribution is -2.12. The van der Waals surface area contributed by atoms with Crippen LogP contribution in [0.4, 0.5) is 5.69 Å². The number of hydrogen-bond donors (Lipinski definition) is 1. The molecule has 0 aliphatic heterocycles. The van der Waals surface area contributed by atoms with Gasteiger partial charge in [-0.3, -0.25) is 4.79 Å². The molecule has 0 saturated carbocycles. The second kappa shape index (κ2) is 7.72. The summed E-state index contributed by atoms with van der Waals surface area (Å²) >= 11 is 3.37. The van der Waals surface area contributed by atoms with E-state index in [0.29, 0.717) is 22.9 Å². The zero-order chi connectivity index (χ0) is 20.5. The highest BCUT2D eigenvalue weighted by Crippen LogP contribution is 2.32. The number of nitrogens with zero attached hydrogens (tertiary/aromatic N) is 1. The van der Waals surface area contributed by atoms with Crippen molar-refractivity contribution >= 4 is 38.6 Å². The fourth-order valence-electron chi connectivity index (χ4n) is 3.04. The summed E-state index contributed by atoms with van der Waals surface area (Å²) in [4.78, 5) is 17.2. The van der Waals surface area contributed by atoms with Gasteiger partial charge in [0.2, 0.25) is 5.89 Å². The second-order valence-corrected chi connectivity index (χ2v) is 7.71. The van der Waals surface area contributed by atoms with Gasteiger partial charge in [-0.1, -0.05) is 15.9 Å². The molecule has 1 heterocycles. The van der Waals surface area contributed by atoms with Crippen LogP contribution >= 0.6 is 15.9 Å². The molecule has 6 heteroatoms. The van der Waals surface area contributed by atoms with Crippen LogP contribution in [0.1, 0.15) is 21.5 Å². The van der Waals surface area contributed by atoms with E-state index in [1.807, 2.05) is 44.2 Å². The van der Waals surface area contributed by atoms with Gasteiger partial charge in [0.15, 0.2) is 5.58 Å². The van der Waals surface area contributed by atoms with E-state index >= 15 is 0 Å². The molecule has 0 aliphatic rings. The molecule has 1 amide bonds. The van der Waals surface area contributed by atoms with Gasteiger partial charge in [-0.05, 0) is 79.6 Å². The molecule has 1 aromatic heterocycles. The molecule has 0 saturated heterocycles. The SMILES string of the molecule is COc1ccc(-c2nc3cc(C)c(C)cc3o2)cc1NC(=O)c1ccc(Br)cc1. The molecule has 0 spiro atoms. The molecule has 0 bridgehead atoms. The minimum Gasteiger partial charge on any atom is -0.495 e. The average molecular weight is 451 g/mol. The Morgan fingerprint density at radius 1 is 1.03 bits per heavy atom. The van der Waals surface area contributed by atoms with Crippen LogP contribution in [0.5, 0.6) is 5.75 Å². The number of carbonyl (C=O) groups excluding carboxylic acids is 1. The molecule has 0 fully saturated rings. The Bertz CT molecular complexity index is 1170. The Morgan fingerprint density at radius 2 is 1.76 bits per heavy atom. The maximum atomic E-state index is 12.6. The molecule has 146 valence electrons. The summed E-state index contributed by atoms with van der Waals surface area (Å²) in [7, 11) is 1.56. The third-order valence-corrected chi connectivity index (χ3v) is 5.33. The Balaban J connectivity index is 1.69. The normalized spacial score (nSPS) is 10.9. The lowest BCUT2D eigenvalue weighted by atomic mass is 10.1. The van der Waals surface area contributed by atoms with Crippen molar-refractivity contribution in [1.29, 1.82) is 0 Å². The van der Waals surface area contributed by atoms with E-state index in [9.17, 15) is 4.79 Å². The van der Waals surface area contributed by atoms with Crippen LogP contribution in [-0.4, -0.2) is 18.0 Å². The number of fused-ring (bicyclic) bond motifs is 1. The number of anilines is 1. The number of hydrogen-bond acceptors (Lipinski definition) is 4. The van der Waals surface area contributed by atoms with Gasteiger partial charge in [0.05, 0.1) is 12.8 Å². The summed E-state index contributed by atoms with van der Waals surface area (Å²) in [5.41, 5.74) is 5.70. The molecule has 1 N–H and O–H groups in total. The van der Waals surface area contributed by atoms with Crippen LogP contribution in [0.25, 0.3) is 22.6 Å². The van der Waals surface area contributed by atoms with E-state index in [1.54, 1.807) is 31.4 Å². The van der Waals surface area contributed by atoms with Crippen LogP contribution in [-0.2, 0) is 0 Å². The van der Waals surface area contributed by atoms with Crippen LogP contribution in [0.3, 0.4) is 0 Å². The first kappa shape index (κ1) is 19.2. The highest BCUT2D eigenvalue weighted by atomic mass is 79.9. The molecule has 0 radical (unpaired) electrons. The molecule has 0 atom stereocenters. The molecule has 3 aromatic carbocycles. The summed E-state index contributed by atoms with van der Waals surface area (Å²) in [6.45, 7) is 4.09. The number of benzene rings is 3. The number of oxazole rings is 1. The van der Waals surface area contributed by atoms with Gasteiger partial charge in [-0.25, -0.2) is 4.98 Å². The van der Waals surface area contributed by atoms with Crippen LogP contribution < -0.4 is 10.1 Å². The summed E-state index contributed by atoms with van der Waals surface area (Å²) < 4.78 is 12.3. The quantitative estimate of drug-likeness (QED) is 0.405. The fraction of sp³-hybridized carbons (Fsp3) is 0.130. The van der Waals surface area contributed by atoms with Crippen molar-refractivity contribution in [3.8, 4) is 17.2 Å². The molecular formula is C23H19BrN2O3. The number of halogens is 1. The van der Waals surface area contributed by atoms with E-state index in [-0.39, 0.29) is 5.91 Å². The topological polar surface area (TPSA) is 64.4 Å². The molecule has 5 nitrogen and oxygen atoms in total. The smallest absolute Gasteiger partial charge is 0.255 e. The third-order valence-electron chi connectivity index (χ3n) is 4.80. The first-order valence-electron chi connectivity index (χ1n) is 9.08. The predicted molar refractivity (Wildman–Crippen MR) is 118 cm³/mol. The van der Waals surface area contributed by atoms with Crippen molar-refractivity contribution in [2.45, 2.75) is 13.8 Å². The third kappa shape index (κ3) is 3.89. The van der Waals surface area contributed by atoms with Crippen molar-refractivity contribution in [1.82, 2.24) is 4.98 Å². The van der Waals surface area contributed by atoms with Crippen molar-refractivity contribution in [2.24, 2.45) is 0 Å². The number of rotatable bonds is 4. The summed E-state index contributed by atoms with van der Waals surface area (Å²) in [6.07, 6.45) is 0. The van der Waals surface area contributed by atoms with Crippen LogP contribution in [0.2, 0.25) is 0 Å². The summed E-state index contributed by atoms with van der Waals surface area (Å²) in [6, 6.07) is 16.6. The maximum absolute atomic E-state index is 12.6. The van der Waals surface area contributed by atoms with Gasteiger partial charge in [-0.15, -0.1) is 0 Å². The summed E-state index contributed by atoms with van der Waals surface area (Å²) in [5, 5.41) is 2.91. The number of ether oxygens (including phenoxy) is 1. The highest BCUT2D eigenvalue weighted by Gasteiger charge is 2.15. The Morgan fingerprint density at radius 3 is 2.48 bits per heavy atom. The molecular weight excluding hydrogens is 432 g/mol. The second-order valence-electron chi connectivity index (χ2n) is 6.80. The van der Waals surface area contributed by atoms with Gasteiger partial charge in [-0.2, -0.15) is 0 Å². The minimum atomic E-state index is -0.225. The van der Waals surface area contributed by atoms with Gasteiger partial charge >= 0.3 is 0 Å². The van der Waals surface area contributed by atoms with E-state index < -0.39 is 0 Å². The number of aryl methyl sites for hydroxylation is 2. The Kier molecular flexibility index (Phi) is 5.11. The van der Waals surface area contributed by atoms with Gasteiger partial charge in [0.25, 0.3) is 5.91 Å². The zero-order valence-corrected chi connectivity index (χ0v) is 17.8. The predicted octanol–water partition coefficient (Wildman–Crippen LogP) is 6.14. The van der Waals surface area contributed by atoms with Crippen molar-refractivity contribution in [2.75, 3.05) is 12.4 Å². The molecule has 0 aliphatic carbocycles. The van der Waals surface area contributed by atoms with E-state index in [4.69, 9.17) is 9.15 Å². The maximum Gasteiger partial charge on any atom is 0.255 e. The first-order valence-corrected chi connectivity index (χ1v) is 9.87. The van der Waals surface area contributed by atoms with Crippen molar-refractivity contribution in [3.63, 3.8) is 0 Å². The van der Waals surface area contributed by atoms with Crippen molar-refractivity contribution in [3.05, 3.63) is 75.8 Å². The van der Waals surface area contributed by atoms with E-state index in [2.05, 4.69) is 26.2 Å². The van der Waals surface area contributed by atoms with Gasteiger partial charge in [0.1, 0.15) is 11.3 Å². The number of amides is 1. The Labute approximate surface area is 176 Å². The van der Waals surface area contributed by atoms with Gasteiger partial charge in [0, 0.05) is 15.6 Å². The zero-order valence-electron chi connectivity index (χ0n) is 16.2. The minimum absolute atomic E-state index is 0.225. The van der Waals surface area contributed by atoms with E-state index in [0.717, 1.165) is 32.3 Å². The lowest BCUT2D eigenvalue weighted by Gasteiger charge is -2.11.